The number of hydrogen-bond acceptors (Lipinski definition) is 5. The van der Waals surface area contributed by atoms with Crippen LogP contribution in [0.2, 0.25) is 0 Å². The van der Waals surface area contributed by atoms with E-state index in [0.29, 0.717) is 16.8 Å². The van der Waals surface area contributed by atoms with Gasteiger partial charge in [-0.3, -0.25) is 14.2 Å². The summed E-state index contributed by atoms with van der Waals surface area (Å²) >= 11 is 1.46. The van der Waals surface area contributed by atoms with Crippen LogP contribution in [0.15, 0.2) is 65.0 Å². The highest BCUT2D eigenvalue weighted by molar-refractivity contribution is 7.17. The smallest absolute Gasteiger partial charge is 0.262 e. The Balaban J connectivity index is 1.34. The van der Waals surface area contributed by atoms with Crippen molar-refractivity contribution in [3.05, 3.63) is 81.7 Å². The summed E-state index contributed by atoms with van der Waals surface area (Å²) in [7, 11) is 0. The topological polar surface area (TPSA) is 73.2 Å². The monoisotopic (exact) mass is 475 g/mol. The van der Waals surface area contributed by atoms with Gasteiger partial charge in [0, 0.05) is 30.5 Å². The minimum atomic E-state index is -0.113. The first-order valence-corrected chi connectivity index (χ1v) is 12.3. The first kappa shape index (κ1) is 23.7. The van der Waals surface area contributed by atoms with Gasteiger partial charge < -0.3 is 10.1 Å². The molecule has 1 N–H and O–H groups in total. The van der Waals surface area contributed by atoms with Gasteiger partial charge in [-0.05, 0) is 50.5 Å². The Morgan fingerprint density at radius 3 is 2.56 bits per heavy atom. The van der Waals surface area contributed by atoms with E-state index in [0.717, 1.165) is 28.9 Å². The molecule has 0 fully saturated rings. The van der Waals surface area contributed by atoms with Crippen molar-refractivity contribution < 1.29 is 9.53 Å². The van der Waals surface area contributed by atoms with Gasteiger partial charge in [-0.25, -0.2) is 4.98 Å². The molecule has 0 saturated heterocycles. The molecular weight excluding hydrogens is 446 g/mol. The van der Waals surface area contributed by atoms with E-state index in [1.165, 1.54) is 27.8 Å². The first-order valence-electron chi connectivity index (χ1n) is 11.5. The number of fused-ring (bicyclic) bond motifs is 1. The fourth-order valence-corrected chi connectivity index (χ4v) is 4.64. The summed E-state index contributed by atoms with van der Waals surface area (Å²) in [4.78, 5) is 30.7. The maximum atomic E-state index is 13.1. The van der Waals surface area contributed by atoms with Gasteiger partial charge in [0.2, 0.25) is 5.91 Å². The Labute approximate surface area is 203 Å². The summed E-state index contributed by atoms with van der Waals surface area (Å²) in [5, 5.41) is 5.53. The van der Waals surface area contributed by atoms with Crippen LogP contribution in [0, 0.1) is 6.92 Å². The number of ether oxygens (including phenoxy) is 1. The number of rotatable bonds is 9. The summed E-state index contributed by atoms with van der Waals surface area (Å²) in [6.07, 6.45) is 2.63. The van der Waals surface area contributed by atoms with Crippen LogP contribution in [0.3, 0.4) is 0 Å². The predicted octanol–water partition coefficient (Wildman–Crippen LogP) is 4.97. The van der Waals surface area contributed by atoms with E-state index in [9.17, 15) is 9.59 Å². The molecule has 0 atom stereocenters. The maximum absolute atomic E-state index is 13.1. The molecular formula is C27H29N3O3S. The van der Waals surface area contributed by atoms with Crippen LogP contribution >= 0.6 is 11.3 Å². The van der Waals surface area contributed by atoms with Gasteiger partial charge >= 0.3 is 0 Å². The second-order valence-electron chi connectivity index (χ2n) is 8.60. The molecule has 176 valence electrons. The third kappa shape index (κ3) is 5.72. The van der Waals surface area contributed by atoms with Crippen molar-refractivity contribution in [1.29, 1.82) is 0 Å². The molecule has 4 rings (SSSR count). The lowest BCUT2D eigenvalue weighted by Crippen LogP contribution is -2.29. The zero-order chi connectivity index (χ0) is 24.1. The number of aryl methyl sites for hydroxylation is 2. The van der Waals surface area contributed by atoms with Crippen molar-refractivity contribution in [3.63, 3.8) is 0 Å². The zero-order valence-corrected chi connectivity index (χ0v) is 20.5. The third-order valence-corrected chi connectivity index (χ3v) is 6.42. The number of amides is 1. The number of hydrogen-bond donors (Lipinski definition) is 1. The quantitative estimate of drug-likeness (QED) is 0.371. The fourth-order valence-electron chi connectivity index (χ4n) is 3.74. The van der Waals surface area contributed by atoms with Crippen LogP contribution in [-0.4, -0.2) is 28.1 Å². The summed E-state index contributed by atoms with van der Waals surface area (Å²) < 4.78 is 7.18. The van der Waals surface area contributed by atoms with Crippen molar-refractivity contribution in [1.82, 2.24) is 14.9 Å². The lowest BCUT2D eigenvalue weighted by atomic mass is 10.1. The number of carbonyl (C=O) groups excluding carboxylic acids is 1. The predicted molar refractivity (Wildman–Crippen MR) is 138 cm³/mol. The molecule has 0 aliphatic rings. The summed E-state index contributed by atoms with van der Waals surface area (Å²) in [6.45, 7) is 6.85. The Bertz CT molecular complexity index is 1320. The van der Waals surface area contributed by atoms with E-state index in [2.05, 4.69) is 10.3 Å². The highest BCUT2D eigenvalue weighted by Gasteiger charge is 2.14. The number of aromatic nitrogens is 2. The van der Waals surface area contributed by atoms with Crippen LogP contribution in [0.5, 0.6) is 5.75 Å². The molecule has 0 aliphatic carbocycles. The van der Waals surface area contributed by atoms with E-state index in [1.54, 1.807) is 0 Å². The minimum absolute atomic E-state index is 0.0872. The Kier molecular flexibility index (Phi) is 7.43. The van der Waals surface area contributed by atoms with Crippen molar-refractivity contribution >= 4 is 27.5 Å². The van der Waals surface area contributed by atoms with Gasteiger partial charge in [0.15, 0.2) is 0 Å². The van der Waals surface area contributed by atoms with Gasteiger partial charge in [0.25, 0.3) is 5.56 Å². The molecule has 2 aromatic heterocycles. The van der Waals surface area contributed by atoms with Crippen molar-refractivity contribution in [2.75, 3.05) is 6.54 Å². The molecule has 0 radical (unpaired) electrons. The van der Waals surface area contributed by atoms with E-state index in [4.69, 9.17) is 4.74 Å². The molecule has 6 nitrogen and oxygen atoms in total. The number of thiophene rings is 1. The van der Waals surface area contributed by atoms with E-state index in [1.807, 2.05) is 74.7 Å². The molecule has 0 unspecified atom stereocenters. The highest BCUT2D eigenvalue weighted by atomic mass is 32.1. The Morgan fingerprint density at radius 2 is 1.85 bits per heavy atom. The average molecular weight is 476 g/mol. The van der Waals surface area contributed by atoms with Gasteiger partial charge in [-0.15, -0.1) is 11.3 Å². The first-order chi connectivity index (χ1) is 16.4. The average Bonchev–Trinajstić information content (AvgIpc) is 3.25. The van der Waals surface area contributed by atoms with Crippen LogP contribution < -0.4 is 15.6 Å². The van der Waals surface area contributed by atoms with Gasteiger partial charge in [-0.2, -0.15) is 0 Å². The van der Waals surface area contributed by atoms with E-state index >= 15 is 0 Å². The molecule has 34 heavy (non-hydrogen) atoms. The van der Waals surface area contributed by atoms with E-state index < -0.39 is 0 Å². The second kappa shape index (κ2) is 10.7. The zero-order valence-electron chi connectivity index (χ0n) is 19.7. The van der Waals surface area contributed by atoms with Crippen molar-refractivity contribution in [3.8, 4) is 16.9 Å². The Morgan fingerprint density at radius 1 is 1.12 bits per heavy atom. The standard InChI is InChI=1S/C27H29N3O3S/c1-18(2)33-22-10-6-20(7-11-22)12-14-28-24(31)13-15-30-17-29-26-25(27(30)32)23(16-34-26)21-8-4-19(3)5-9-21/h4-11,16-18H,12-15H2,1-3H3,(H,28,31). The van der Waals surface area contributed by atoms with Crippen LogP contribution in [0.1, 0.15) is 31.4 Å². The summed E-state index contributed by atoms with van der Waals surface area (Å²) in [5.74, 6) is 0.755. The number of benzene rings is 2. The lowest BCUT2D eigenvalue weighted by Gasteiger charge is -2.10. The summed E-state index contributed by atoms with van der Waals surface area (Å²) in [6, 6.07) is 16.0. The van der Waals surface area contributed by atoms with Crippen LogP contribution in [0.25, 0.3) is 21.3 Å². The second-order valence-corrected chi connectivity index (χ2v) is 9.46. The van der Waals surface area contributed by atoms with Gasteiger partial charge in [0.1, 0.15) is 10.6 Å². The lowest BCUT2D eigenvalue weighted by molar-refractivity contribution is -0.121. The number of nitrogens with zero attached hydrogens (tertiary/aromatic N) is 2. The molecule has 0 bridgehead atoms. The van der Waals surface area contributed by atoms with Gasteiger partial charge in [0.05, 0.1) is 17.8 Å². The summed E-state index contributed by atoms with van der Waals surface area (Å²) in [5.41, 5.74) is 4.07. The van der Waals surface area contributed by atoms with Crippen LogP contribution in [-0.2, 0) is 17.8 Å². The molecule has 2 heterocycles. The Hall–Kier alpha value is -3.45. The van der Waals surface area contributed by atoms with Gasteiger partial charge in [-0.1, -0.05) is 42.0 Å². The van der Waals surface area contributed by atoms with Crippen LogP contribution in [0.4, 0.5) is 0 Å². The maximum Gasteiger partial charge on any atom is 0.262 e. The highest BCUT2D eigenvalue weighted by Crippen LogP contribution is 2.30. The molecule has 0 aliphatic heterocycles. The van der Waals surface area contributed by atoms with Crippen molar-refractivity contribution in [2.45, 2.75) is 46.3 Å². The van der Waals surface area contributed by atoms with Crippen molar-refractivity contribution in [2.24, 2.45) is 0 Å². The largest absolute Gasteiger partial charge is 0.491 e. The molecule has 4 aromatic rings. The molecule has 1 amide bonds. The van der Waals surface area contributed by atoms with E-state index in [-0.39, 0.29) is 30.5 Å². The fraction of sp³-hybridized carbons (Fsp3) is 0.296. The number of nitrogens with one attached hydrogen (secondary N) is 1. The molecule has 0 spiro atoms. The third-order valence-electron chi connectivity index (χ3n) is 5.53. The number of carbonyl (C=O) groups is 1. The SMILES string of the molecule is Cc1ccc(-c2csc3ncn(CCC(=O)NCCc4ccc(OC(C)C)cc4)c(=O)c23)cc1. The molecule has 7 heteroatoms. The minimum Gasteiger partial charge on any atom is -0.491 e. The molecule has 0 saturated carbocycles. The molecule has 2 aromatic carbocycles. The normalized spacial score (nSPS) is 11.2.